The highest BCUT2D eigenvalue weighted by molar-refractivity contribution is 6.02. The number of para-hydroxylation sites is 2. The standard InChI is InChI=1S/C25H24O/c1-4-17(2)19-11-5-6-13-21(19)25-18(3)20-12-7-9-15-23(20)26-24-16-10-8-14-22(24)25/h5-17H,4H2,1-3H3/t17-/m1/s1. The molecule has 1 heteroatoms. The number of hydrogen-bond donors (Lipinski definition) is 0. The van der Waals surface area contributed by atoms with Crippen LogP contribution in [0.3, 0.4) is 0 Å². The fraction of sp³-hybridized carbons (Fsp3) is 0.200. The number of allylic oxidation sites excluding steroid dienone is 1. The quantitative estimate of drug-likeness (QED) is 0.486. The van der Waals surface area contributed by atoms with Gasteiger partial charge in [0.1, 0.15) is 11.5 Å². The molecular weight excluding hydrogens is 316 g/mol. The van der Waals surface area contributed by atoms with E-state index >= 15 is 0 Å². The van der Waals surface area contributed by atoms with Gasteiger partial charge in [0, 0.05) is 11.1 Å². The third kappa shape index (κ3) is 2.74. The highest BCUT2D eigenvalue weighted by Gasteiger charge is 2.23. The van der Waals surface area contributed by atoms with Crippen LogP contribution in [0.15, 0.2) is 72.8 Å². The fourth-order valence-electron chi connectivity index (χ4n) is 3.80. The molecule has 0 amide bonds. The molecule has 0 fully saturated rings. The molecule has 0 bridgehead atoms. The molecule has 3 aromatic carbocycles. The summed E-state index contributed by atoms with van der Waals surface area (Å²) in [6.45, 7) is 6.77. The van der Waals surface area contributed by atoms with Crippen LogP contribution < -0.4 is 4.74 Å². The molecule has 1 aliphatic rings. The lowest BCUT2D eigenvalue weighted by atomic mass is 9.84. The van der Waals surface area contributed by atoms with Crippen LogP contribution in [0, 0.1) is 0 Å². The van der Waals surface area contributed by atoms with E-state index in [1.807, 2.05) is 12.1 Å². The molecule has 1 heterocycles. The van der Waals surface area contributed by atoms with Gasteiger partial charge in [-0.05, 0) is 53.7 Å². The van der Waals surface area contributed by atoms with Gasteiger partial charge in [-0.25, -0.2) is 0 Å². The Hall–Kier alpha value is -2.80. The Balaban J connectivity index is 2.06. The van der Waals surface area contributed by atoms with Crippen molar-refractivity contribution in [1.82, 2.24) is 0 Å². The van der Waals surface area contributed by atoms with Crippen molar-refractivity contribution in [2.45, 2.75) is 33.1 Å². The highest BCUT2D eigenvalue weighted by Crippen LogP contribution is 2.46. The van der Waals surface area contributed by atoms with Crippen molar-refractivity contribution < 1.29 is 4.74 Å². The molecular formula is C25H24O. The van der Waals surface area contributed by atoms with E-state index in [9.17, 15) is 0 Å². The zero-order valence-corrected chi connectivity index (χ0v) is 15.6. The summed E-state index contributed by atoms with van der Waals surface area (Å²) in [6, 6.07) is 25.5. The minimum atomic E-state index is 0.512. The Morgan fingerprint density at radius 3 is 1.96 bits per heavy atom. The van der Waals surface area contributed by atoms with Gasteiger partial charge in [0.15, 0.2) is 0 Å². The summed E-state index contributed by atoms with van der Waals surface area (Å²) in [5, 5.41) is 0. The van der Waals surface area contributed by atoms with Crippen molar-refractivity contribution in [1.29, 1.82) is 0 Å². The lowest BCUT2D eigenvalue weighted by Gasteiger charge is -2.19. The summed E-state index contributed by atoms with van der Waals surface area (Å²) >= 11 is 0. The van der Waals surface area contributed by atoms with Crippen LogP contribution in [0.1, 0.15) is 55.4 Å². The summed E-state index contributed by atoms with van der Waals surface area (Å²) in [6.07, 6.45) is 1.12. The summed E-state index contributed by atoms with van der Waals surface area (Å²) in [5.41, 5.74) is 7.59. The van der Waals surface area contributed by atoms with Gasteiger partial charge in [-0.15, -0.1) is 0 Å². The Morgan fingerprint density at radius 2 is 1.27 bits per heavy atom. The van der Waals surface area contributed by atoms with Crippen molar-refractivity contribution in [2.75, 3.05) is 0 Å². The molecule has 1 atom stereocenters. The van der Waals surface area contributed by atoms with E-state index in [-0.39, 0.29) is 0 Å². The highest BCUT2D eigenvalue weighted by atomic mass is 16.5. The smallest absolute Gasteiger partial charge is 0.135 e. The minimum Gasteiger partial charge on any atom is -0.456 e. The molecule has 0 radical (unpaired) electrons. The van der Waals surface area contributed by atoms with Gasteiger partial charge >= 0.3 is 0 Å². The largest absolute Gasteiger partial charge is 0.456 e. The third-order valence-electron chi connectivity index (χ3n) is 5.42. The Morgan fingerprint density at radius 1 is 0.731 bits per heavy atom. The molecule has 0 N–H and O–H groups in total. The fourth-order valence-corrected chi connectivity index (χ4v) is 3.80. The molecule has 0 saturated carbocycles. The monoisotopic (exact) mass is 340 g/mol. The summed E-state index contributed by atoms with van der Waals surface area (Å²) < 4.78 is 6.31. The van der Waals surface area contributed by atoms with Crippen molar-refractivity contribution >= 4 is 11.1 Å². The van der Waals surface area contributed by atoms with E-state index in [1.54, 1.807) is 0 Å². The minimum absolute atomic E-state index is 0.512. The van der Waals surface area contributed by atoms with Crippen LogP contribution in [0.2, 0.25) is 0 Å². The summed E-state index contributed by atoms with van der Waals surface area (Å²) in [4.78, 5) is 0. The van der Waals surface area contributed by atoms with E-state index in [2.05, 4.69) is 81.4 Å². The van der Waals surface area contributed by atoms with E-state index < -0.39 is 0 Å². The van der Waals surface area contributed by atoms with Gasteiger partial charge in [-0.1, -0.05) is 74.5 Å². The first-order chi connectivity index (χ1) is 12.7. The third-order valence-corrected chi connectivity index (χ3v) is 5.42. The predicted octanol–water partition coefficient (Wildman–Crippen LogP) is 7.28. The molecule has 0 spiro atoms. The van der Waals surface area contributed by atoms with Gasteiger partial charge < -0.3 is 4.74 Å². The van der Waals surface area contributed by atoms with Crippen molar-refractivity contribution in [3.8, 4) is 11.5 Å². The summed E-state index contributed by atoms with van der Waals surface area (Å²) in [7, 11) is 0. The lowest BCUT2D eigenvalue weighted by Crippen LogP contribution is -2.00. The molecule has 0 saturated heterocycles. The van der Waals surface area contributed by atoms with Gasteiger partial charge in [-0.3, -0.25) is 0 Å². The lowest BCUT2D eigenvalue weighted by molar-refractivity contribution is 0.481. The first kappa shape index (κ1) is 16.7. The number of ether oxygens (including phenoxy) is 1. The van der Waals surface area contributed by atoms with Crippen LogP contribution in [0.4, 0.5) is 0 Å². The van der Waals surface area contributed by atoms with Crippen molar-refractivity contribution in [2.24, 2.45) is 0 Å². The Kier molecular flexibility index (Phi) is 4.38. The molecule has 0 aromatic heterocycles. The van der Waals surface area contributed by atoms with Crippen molar-refractivity contribution in [3.05, 3.63) is 95.1 Å². The van der Waals surface area contributed by atoms with E-state index in [4.69, 9.17) is 4.74 Å². The van der Waals surface area contributed by atoms with Crippen molar-refractivity contribution in [3.63, 3.8) is 0 Å². The zero-order chi connectivity index (χ0) is 18.1. The molecule has 130 valence electrons. The zero-order valence-electron chi connectivity index (χ0n) is 15.6. The summed E-state index contributed by atoms with van der Waals surface area (Å²) in [5.74, 6) is 2.36. The second kappa shape index (κ2) is 6.84. The van der Waals surface area contributed by atoms with E-state index in [1.165, 1.54) is 22.3 Å². The predicted molar refractivity (Wildman–Crippen MR) is 110 cm³/mol. The van der Waals surface area contributed by atoms with E-state index in [0.29, 0.717) is 5.92 Å². The Labute approximate surface area is 156 Å². The van der Waals surface area contributed by atoms with Gasteiger partial charge in [0.2, 0.25) is 0 Å². The molecule has 3 aromatic rings. The van der Waals surface area contributed by atoms with Crippen LogP contribution in [-0.2, 0) is 0 Å². The van der Waals surface area contributed by atoms with E-state index in [0.717, 1.165) is 29.0 Å². The first-order valence-electron chi connectivity index (χ1n) is 9.37. The van der Waals surface area contributed by atoms with Crippen LogP contribution in [0.5, 0.6) is 11.5 Å². The SMILES string of the molecule is CC[C@@H](C)c1ccccc1C1=C(C)c2ccccc2Oc2ccccc21. The number of hydrogen-bond acceptors (Lipinski definition) is 1. The average molecular weight is 340 g/mol. The second-order valence-electron chi connectivity index (χ2n) is 6.99. The van der Waals surface area contributed by atoms with Crippen LogP contribution in [-0.4, -0.2) is 0 Å². The molecule has 1 aliphatic heterocycles. The van der Waals surface area contributed by atoms with Gasteiger partial charge in [0.05, 0.1) is 0 Å². The molecule has 4 rings (SSSR count). The maximum Gasteiger partial charge on any atom is 0.135 e. The number of benzene rings is 3. The normalized spacial score (nSPS) is 14.1. The van der Waals surface area contributed by atoms with Gasteiger partial charge in [-0.2, -0.15) is 0 Å². The van der Waals surface area contributed by atoms with Gasteiger partial charge in [0.25, 0.3) is 0 Å². The Bertz CT molecular complexity index is 981. The molecule has 26 heavy (non-hydrogen) atoms. The maximum atomic E-state index is 6.31. The molecule has 1 nitrogen and oxygen atoms in total. The molecule has 0 unspecified atom stereocenters. The first-order valence-corrected chi connectivity index (χ1v) is 9.37. The number of rotatable bonds is 3. The van der Waals surface area contributed by atoms with Crippen LogP contribution >= 0.6 is 0 Å². The number of fused-ring (bicyclic) bond motifs is 2. The average Bonchev–Trinajstić information content (AvgIpc) is 2.81. The molecule has 0 aliphatic carbocycles. The second-order valence-corrected chi connectivity index (χ2v) is 6.99. The van der Waals surface area contributed by atoms with Crippen LogP contribution in [0.25, 0.3) is 11.1 Å². The maximum absolute atomic E-state index is 6.31. The topological polar surface area (TPSA) is 9.23 Å².